The molecule has 1 aliphatic carbocycles. The van der Waals surface area contributed by atoms with Gasteiger partial charge in [0.2, 0.25) is 5.88 Å². The lowest BCUT2D eigenvalue weighted by Crippen LogP contribution is -2.20. The van der Waals surface area contributed by atoms with Crippen LogP contribution in [0.1, 0.15) is 5.56 Å². The van der Waals surface area contributed by atoms with Crippen LogP contribution in [0.4, 0.5) is 26.4 Å². The van der Waals surface area contributed by atoms with Crippen molar-refractivity contribution in [1.29, 1.82) is 0 Å². The van der Waals surface area contributed by atoms with E-state index in [0.29, 0.717) is 71.8 Å². The van der Waals surface area contributed by atoms with Crippen molar-refractivity contribution >= 4 is 34.1 Å². The van der Waals surface area contributed by atoms with Gasteiger partial charge in [0.15, 0.2) is 5.82 Å². The number of carbonyl (C=O) groups is 1. The largest absolute Gasteiger partial charge is 0.474 e. The third kappa shape index (κ3) is 3.29. The number of ether oxygens (including phenoxy) is 3. The van der Waals surface area contributed by atoms with Crippen LogP contribution < -0.4 is 21.1 Å². The van der Waals surface area contributed by atoms with Gasteiger partial charge < -0.3 is 25.3 Å². The van der Waals surface area contributed by atoms with Gasteiger partial charge in [-0.15, -0.1) is 0 Å². The van der Waals surface area contributed by atoms with E-state index in [1.165, 1.54) is 6.20 Å². The smallest absolute Gasteiger partial charge is 0.413 e. The normalized spacial score (nSPS) is 22.7. The number of nitrogens with two attached hydrogens (primary N) is 1. The minimum Gasteiger partial charge on any atom is -0.474 e. The molecule has 1 saturated carbocycles. The van der Waals surface area contributed by atoms with Crippen molar-refractivity contribution in [2.45, 2.75) is 13.0 Å². The highest BCUT2D eigenvalue weighted by Gasteiger charge is 2.57. The van der Waals surface area contributed by atoms with Gasteiger partial charge in [0, 0.05) is 47.3 Å². The summed E-state index contributed by atoms with van der Waals surface area (Å²) in [6.07, 6.45) is 2.35. The number of nitrogens with one attached hydrogen (secondary N) is 2. The number of nitrogen functional groups attached to an aromatic ring is 1. The first-order chi connectivity index (χ1) is 16.0. The molecule has 2 fully saturated rings. The summed E-state index contributed by atoms with van der Waals surface area (Å²) in [6, 6.07) is 3.33. The molecule has 3 aliphatic rings. The minimum absolute atomic E-state index is 0.0173. The van der Waals surface area contributed by atoms with E-state index in [4.69, 9.17) is 19.9 Å². The molecule has 0 bridgehead atoms. The highest BCUT2D eigenvalue weighted by Crippen LogP contribution is 2.46. The number of pyridine rings is 2. The molecule has 6 rings (SSSR count). The monoisotopic (exact) mass is 451 g/mol. The molecule has 9 nitrogen and oxygen atoms in total. The second kappa shape index (κ2) is 7.45. The molecule has 1 amide bonds. The number of carbonyl (C=O) groups excluding carboxylic acids is 1. The second-order valence-corrected chi connectivity index (χ2v) is 8.55. The topological polar surface area (TPSA) is 121 Å². The van der Waals surface area contributed by atoms with Crippen molar-refractivity contribution in [1.82, 2.24) is 9.97 Å². The predicted molar refractivity (Wildman–Crippen MR) is 120 cm³/mol. The maximum absolute atomic E-state index is 15.3. The Bertz CT molecular complexity index is 1290. The molecule has 1 aromatic carbocycles. The average molecular weight is 451 g/mol. The Morgan fingerprint density at radius 3 is 2.88 bits per heavy atom. The SMILES string of the molecule is Cc1c(-c2cc3cc(NC(=O)O[C@@H]4[C@@H]5COC[C@@H]54)ncc3c(N)c2F)cnc2c1NCCO2. The summed E-state index contributed by atoms with van der Waals surface area (Å²) >= 11 is 0. The summed E-state index contributed by atoms with van der Waals surface area (Å²) in [5.74, 6) is 0.825. The molecular weight excluding hydrogens is 429 g/mol. The third-order valence-corrected chi connectivity index (χ3v) is 6.58. The number of nitrogens with zero attached hydrogens (tertiary/aromatic N) is 2. The number of anilines is 3. The van der Waals surface area contributed by atoms with Crippen LogP contribution in [-0.2, 0) is 9.47 Å². The minimum atomic E-state index is -0.572. The van der Waals surface area contributed by atoms with Crippen LogP contribution in [0.15, 0.2) is 24.5 Å². The van der Waals surface area contributed by atoms with Crippen LogP contribution in [0.5, 0.6) is 5.88 Å². The molecule has 170 valence electrons. The molecule has 4 heterocycles. The van der Waals surface area contributed by atoms with Gasteiger partial charge in [0.05, 0.1) is 18.9 Å². The van der Waals surface area contributed by atoms with Crippen LogP contribution in [0, 0.1) is 24.6 Å². The van der Waals surface area contributed by atoms with Crippen molar-refractivity contribution in [3.8, 4) is 17.0 Å². The fourth-order valence-electron chi connectivity index (χ4n) is 4.67. The fraction of sp³-hybridized carbons (Fsp3) is 0.348. The molecule has 3 aromatic rings. The van der Waals surface area contributed by atoms with Crippen molar-refractivity contribution in [2.75, 3.05) is 42.7 Å². The van der Waals surface area contributed by atoms with Crippen LogP contribution in [0.2, 0.25) is 0 Å². The van der Waals surface area contributed by atoms with Crippen LogP contribution in [0.3, 0.4) is 0 Å². The fourth-order valence-corrected chi connectivity index (χ4v) is 4.67. The Morgan fingerprint density at radius 2 is 2.06 bits per heavy atom. The summed E-state index contributed by atoms with van der Waals surface area (Å²) in [5, 5.41) is 7.00. The molecule has 3 atom stereocenters. The van der Waals surface area contributed by atoms with Crippen LogP contribution in [-0.4, -0.2) is 48.5 Å². The summed E-state index contributed by atoms with van der Waals surface area (Å²) in [5.41, 5.74) is 8.57. The van der Waals surface area contributed by atoms with E-state index in [0.717, 1.165) is 11.3 Å². The molecule has 10 heteroatoms. The van der Waals surface area contributed by atoms with Crippen molar-refractivity contribution < 1.29 is 23.4 Å². The third-order valence-electron chi connectivity index (χ3n) is 6.58. The highest BCUT2D eigenvalue weighted by atomic mass is 19.1. The first-order valence-electron chi connectivity index (χ1n) is 10.8. The maximum atomic E-state index is 15.3. The molecule has 4 N–H and O–H groups in total. The number of fused-ring (bicyclic) bond motifs is 3. The maximum Gasteiger partial charge on any atom is 0.413 e. The summed E-state index contributed by atoms with van der Waals surface area (Å²) in [6.45, 7) is 4.31. The number of hydrogen-bond acceptors (Lipinski definition) is 8. The molecular formula is C23H22FN5O4. The molecule has 2 aromatic heterocycles. The quantitative estimate of drug-likeness (QED) is 0.519. The number of hydrogen-bond donors (Lipinski definition) is 3. The summed E-state index contributed by atoms with van der Waals surface area (Å²) in [4.78, 5) is 20.8. The van der Waals surface area contributed by atoms with Gasteiger partial charge in [-0.2, -0.15) is 0 Å². The number of benzene rings is 1. The molecule has 33 heavy (non-hydrogen) atoms. The van der Waals surface area contributed by atoms with E-state index in [2.05, 4.69) is 20.6 Å². The van der Waals surface area contributed by atoms with Gasteiger partial charge in [0.25, 0.3) is 0 Å². The molecule has 0 radical (unpaired) electrons. The van der Waals surface area contributed by atoms with E-state index in [1.807, 2.05) is 6.92 Å². The predicted octanol–water partition coefficient (Wildman–Crippen LogP) is 3.32. The zero-order valence-corrected chi connectivity index (χ0v) is 17.9. The Morgan fingerprint density at radius 1 is 1.24 bits per heavy atom. The van der Waals surface area contributed by atoms with Gasteiger partial charge in [-0.05, 0) is 30.0 Å². The lowest BCUT2D eigenvalue weighted by Gasteiger charge is -2.22. The lowest BCUT2D eigenvalue weighted by molar-refractivity contribution is 0.0900. The Hall–Kier alpha value is -3.66. The summed E-state index contributed by atoms with van der Waals surface area (Å²) in [7, 11) is 0. The number of aromatic nitrogens is 2. The molecule has 1 saturated heterocycles. The Labute approximate surface area is 188 Å². The van der Waals surface area contributed by atoms with E-state index in [9.17, 15) is 4.79 Å². The van der Waals surface area contributed by atoms with Gasteiger partial charge in [-0.1, -0.05) is 0 Å². The van der Waals surface area contributed by atoms with E-state index in [-0.39, 0.29) is 11.8 Å². The second-order valence-electron chi connectivity index (χ2n) is 8.55. The Balaban J connectivity index is 1.32. The van der Waals surface area contributed by atoms with Gasteiger partial charge in [-0.25, -0.2) is 19.2 Å². The first kappa shape index (κ1) is 20.0. The molecule has 0 unspecified atom stereocenters. The average Bonchev–Trinajstić information content (AvgIpc) is 3.22. The molecule has 2 aliphatic heterocycles. The number of halogens is 1. The number of rotatable bonds is 3. The van der Waals surface area contributed by atoms with Gasteiger partial charge in [-0.3, -0.25) is 5.32 Å². The zero-order chi connectivity index (χ0) is 22.7. The molecule has 0 spiro atoms. The highest BCUT2D eigenvalue weighted by molar-refractivity contribution is 5.99. The van der Waals surface area contributed by atoms with Crippen molar-refractivity contribution in [3.05, 3.63) is 35.9 Å². The van der Waals surface area contributed by atoms with Crippen molar-refractivity contribution in [3.63, 3.8) is 0 Å². The van der Waals surface area contributed by atoms with Gasteiger partial charge >= 0.3 is 6.09 Å². The van der Waals surface area contributed by atoms with E-state index < -0.39 is 11.9 Å². The standard InChI is InChI=1S/C23H22FN5O4/c1-10-13(6-28-22-20(10)26-2-3-32-22)12-4-11-5-17(27-7-14(11)19(25)18(12)24)29-23(30)33-21-15-8-31-9-16(15)21/h4-7,15-16,21,26H,2-3,8-9,25H2,1H3,(H,27,29,30)/t15-,16+,21-. The van der Waals surface area contributed by atoms with E-state index in [1.54, 1.807) is 18.3 Å². The zero-order valence-electron chi connectivity index (χ0n) is 17.9. The van der Waals surface area contributed by atoms with Crippen LogP contribution >= 0.6 is 0 Å². The summed E-state index contributed by atoms with van der Waals surface area (Å²) < 4.78 is 31.6. The Kier molecular flexibility index (Phi) is 4.51. The first-order valence-corrected chi connectivity index (χ1v) is 10.8. The van der Waals surface area contributed by atoms with E-state index >= 15 is 4.39 Å². The lowest BCUT2D eigenvalue weighted by atomic mass is 9.97. The number of amides is 1. The van der Waals surface area contributed by atoms with Crippen molar-refractivity contribution in [2.24, 2.45) is 11.8 Å². The van der Waals surface area contributed by atoms with Gasteiger partial charge in [0.1, 0.15) is 24.2 Å². The van der Waals surface area contributed by atoms with Crippen LogP contribution in [0.25, 0.3) is 21.9 Å².